The number of carbonyl (C=O) groups is 2. The van der Waals surface area contributed by atoms with Gasteiger partial charge < -0.3 is 10.4 Å². The van der Waals surface area contributed by atoms with Crippen LogP contribution >= 0.6 is 22.6 Å². The minimum absolute atomic E-state index is 0.117. The van der Waals surface area contributed by atoms with Gasteiger partial charge in [-0.2, -0.15) is 0 Å². The molecule has 0 aromatic heterocycles. The predicted octanol–water partition coefficient (Wildman–Crippen LogP) is 3.55. The zero-order chi connectivity index (χ0) is 14.7. The third kappa shape index (κ3) is 3.16. The van der Waals surface area contributed by atoms with Crippen molar-refractivity contribution in [3.8, 4) is 0 Å². The molecule has 5 heteroatoms. The summed E-state index contributed by atoms with van der Waals surface area (Å²) in [6.45, 7) is 1.70. The maximum Gasteiger partial charge on any atom is 0.338 e. The number of benzene rings is 2. The third-order valence-electron chi connectivity index (χ3n) is 2.82. The average Bonchev–Trinajstić information content (AvgIpc) is 2.38. The highest BCUT2D eigenvalue weighted by molar-refractivity contribution is 14.1. The zero-order valence-electron chi connectivity index (χ0n) is 10.7. The molecule has 0 spiro atoms. The van der Waals surface area contributed by atoms with Gasteiger partial charge in [-0.25, -0.2) is 4.79 Å². The molecular weight excluding hydrogens is 369 g/mol. The summed E-state index contributed by atoms with van der Waals surface area (Å²) in [4.78, 5) is 23.4. The Morgan fingerprint density at radius 3 is 2.50 bits per heavy atom. The van der Waals surface area contributed by atoms with Crippen LogP contribution in [-0.2, 0) is 0 Å². The van der Waals surface area contributed by atoms with Crippen molar-refractivity contribution in [3.63, 3.8) is 0 Å². The van der Waals surface area contributed by atoms with Gasteiger partial charge in [-0.3, -0.25) is 4.79 Å². The first-order valence-electron chi connectivity index (χ1n) is 5.89. The van der Waals surface area contributed by atoms with Crippen LogP contribution in [0.4, 0.5) is 5.69 Å². The second-order valence-corrected chi connectivity index (χ2v) is 5.51. The molecule has 0 saturated heterocycles. The van der Waals surface area contributed by atoms with Crippen LogP contribution in [0.15, 0.2) is 42.5 Å². The number of carboxylic acids is 1. The highest BCUT2D eigenvalue weighted by Gasteiger charge is 2.15. The third-order valence-corrected chi connectivity index (χ3v) is 3.49. The summed E-state index contributed by atoms with van der Waals surface area (Å²) in [5, 5.41) is 11.9. The van der Waals surface area contributed by atoms with Gasteiger partial charge in [-0.05, 0) is 59.3 Å². The van der Waals surface area contributed by atoms with Crippen molar-refractivity contribution < 1.29 is 14.7 Å². The van der Waals surface area contributed by atoms with Crippen molar-refractivity contribution in [1.29, 1.82) is 0 Å². The summed E-state index contributed by atoms with van der Waals surface area (Å²) >= 11 is 2.12. The summed E-state index contributed by atoms with van der Waals surface area (Å²) in [6.07, 6.45) is 0. The molecule has 0 fully saturated rings. The summed E-state index contributed by atoms with van der Waals surface area (Å²) in [7, 11) is 0. The van der Waals surface area contributed by atoms with Gasteiger partial charge in [0.2, 0.25) is 0 Å². The number of anilines is 1. The molecule has 0 aliphatic heterocycles. The fraction of sp³-hybridized carbons (Fsp3) is 0.0667. The maximum atomic E-state index is 12.1. The van der Waals surface area contributed by atoms with Crippen molar-refractivity contribution in [3.05, 3.63) is 62.7 Å². The van der Waals surface area contributed by atoms with Crippen LogP contribution in [0.3, 0.4) is 0 Å². The number of aryl methyl sites for hydroxylation is 1. The van der Waals surface area contributed by atoms with Crippen LogP contribution in [0, 0.1) is 10.5 Å². The Kier molecular flexibility index (Phi) is 4.39. The minimum atomic E-state index is -1.05. The van der Waals surface area contributed by atoms with Gasteiger partial charge in [-0.1, -0.05) is 18.2 Å². The van der Waals surface area contributed by atoms with Gasteiger partial charge in [0.05, 0.1) is 11.3 Å². The molecule has 0 radical (unpaired) electrons. The number of aromatic carboxylic acids is 1. The summed E-state index contributed by atoms with van der Waals surface area (Å²) in [5.41, 5.74) is 1.53. The molecule has 4 nitrogen and oxygen atoms in total. The standard InChI is InChI=1S/C15H12INO3/c1-9-4-2-7-12(13(9)15(19)20)17-14(18)10-5-3-6-11(16)8-10/h2-8H,1H3,(H,17,18)(H,19,20). The van der Waals surface area contributed by atoms with E-state index in [2.05, 4.69) is 27.9 Å². The Bertz CT molecular complexity index is 683. The van der Waals surface area contributed by atoms with E-state index in [1.165, 1.54) is 0 Å². The van der Waals surface area contributed by atoms with Crippen LogP contribution in [0.1, 0.15) is 26.3 Å². The first-order chi connectivity index (χ1) is 9.49. The van der Waals surface area contributed by atoms with Crippen molar-refractivity contribution in [2.24, 2.45) is 0 Å². The number of nitrogens with one attached hydrogen (secondary N) is 1. The highest BCUT2D eigenvalue weighted by atomic mass is 127. The van der Waals surface area contributed by atoms with Crippen molar-refractivity contribution in [2.45, 2.75) is 6.92 Å². The summed E-state index contributed by atoms with van der Waals surface area (Å²) in [6, 6.07) is 12.1. The van der Waals surface area contributed by atoms with E-state index in [9.17, 15) is 14.7 Å². The molecule has 2 rings (SSSR count). The number of carboxylic acid groups (broad SMARTS) is 1. The molecule has 2 N–H and O–H groups in total. The number of rotatable bonds is 3. The molecule has 0 aliphatic rings. The molecule has 0 aliphatic carbocycles. The summed E-state index contributed by atoms with van der Waals surface area (Å²) in [5.74, 6) is -1.38. The van der Waals surface area contributed by atoms with E-state index in [0.29, 0.717) is 16.8 Å². The van der Waals surface area contributed by atoms with Gasteiger partial charge in [0.1, 0.15) is 0 Å². The highest BCUT2D eigenvalue weighted by Crippen LogP contribution is 2.20. The number of carbonyl (C=O) groups excluding carboxylic acids is 1. The zero-order valence-corrected chi connectivity index (χ0v) is 12.8. The topological polar surface area (TPSA) is 66.4 Å². The van der Waals surface area contributed by atoms with E-state index in [4.69, 9.17) is 0 Å². The lowest BCUT2D eigenvalue weighted by Crippen LogP contribution is -2.15. The first-order valence-corrected chi connectivity index (χ1v) is 6.96. The smallest absolute Gasteiger partial charge is 0.338 e. The second-order valence-electron chi connectivity index (χ2n) is 4.27. The number of hydrogen-bond acceptors (Lipinski definition) is 2. The largest absolute Gasteiger partial charge is 0.478 e. The number of amides is 1. The molecule has 2 aromatic carbocycles. The monoisotopic (exact) mass is 381 g/mol. The van der Waals surface area contributed by atoms with Crippen LogP contribution in [-0.4, -0.2) is 17.0 Å². The fourth-order valence-electron chi connectivity index (χ4n) is 1.88. The lowest BCUT2D eigenvalue weighted by molar-refractivity contribution is 0.0697. The molecule has 0 atom stereocenters. The van der Waals surface area contributed by atoms with Gasteiger partial charge >= 0.3 is 5.97 Å². The molecule has 102 valence electrons. The number of halogens is 1. The van der Waals surface area contributed by atoms with E-state index < -0.39 is 5.97 Å². The Morgan fingerprint density at radius 2 is 1.85 bits per heavy atom. The fourth-order valence-corrected chi connectivity index (χ4v) is 2.42. The lowest BCUT2D eigenvalue weighted by atomic mass is 10.1. The molecule has 0 heterocycles. The molecule has 1 amide bonds. The van der Waals surface area contributed by atoms with E-state index in [1.807, 2.05) is 6.07 Å². The van der Waals surface area contributed by atoms with Crippen LogP contribution < -0.4 is 5.32 Å². The second kappa shape index (κ2) is 6.04. The van der Waals surface area contributed by atoms with Gasteiger partial charge in [-0.15, -0.1) is 0 Å². The van der Waals surface area contributed by atoms with Crippen molar-refractivity contribution in [1.82, 2.24) is 0 Å². The van der Waals surface area contributed by atoms with E-state index in [0.717, 1.165) is 3.57 Å². The predicted molar refractivity (Wildman–Crippen MR) is 85.3 cm³/mol. The van der Waals surface area contributed by atoms with Crippen LogP contribution in [0.5, 0.6) is 0 Å². The Labute approximate surface area is 130 Å². The van der Waals surface area contributed by atoms with Gasteiger partial charge in [0.15, 0.2) is 0 Å². The quantitative estimate of drug-likeness (QED) is 0.800. The van der Waals surface area contributed by atoms with Crippen LogP contribution in [0.2, 0.25) is 0 Å². The van der Waals surface area contributed by atoms with E-state index >= 15 is 0 Å². The normalized spacial score (nSPS) is 10.1. The molecule has 0 bridgehead atoms. The minimum Gasteiger partial charge on any atom is -0.478 e. The van der Waals surface area contributed by atoms with Crippen molar-refractivity contribution >= 4 is 40.2 Å². The van der Waals surface area contributed by atoms with Gasteiger partial charge in [0.25, 0.3) is 5.91 Å². The molecule has 2 aromatic rings. The SMILES string of the molecule is Cc1cccc(NC(=O)c2cccc(I)c2)c1C(=O)O. The van der Waals surface area contributed by atoms with E-state index in [-0.39, 0.29) is 11.5 Å². The Hall–Kier alpha value is -1.89. The molecule has 20 heavy (non-hydrogen) atoms. The molecule has 0 saturated carbocycles. The first kappa shape index (κ1) is 14.5. The molecule has 0 unspecified atom stereocenters. The van der Waals surface area contributed by atoms with E-state index in [1.54, 1.807) is 43.3 Å². The Balaban J connectivity index is 2.33. The van der Waals surface area contributed by atoms with Crippen LogP contribution in [0.25, 0.3) is 0 Å². The van der Waals surface area contributed by atoms with Crippen molar-refractivity contribution in [2.75, 3.05) is 5.32 Å². The lowest BCUT2D eigenvalue weighted by Gasteiger charge is -2.10. The van der Waals surface area contributed by atoms with Gasteiger partial charge in [0, 0.05) is 9.13 Å². The maximum absolute atomic E-state index is 12.1. The Morgan fingerprint density at radius 1 is 1.15 bits per heavy atom. The summed E-state index contributed by atoms with van der Waals surface area (Å²) < 4.78 is 0.943. The molecular formula is C15H12INO3. The number of hydrogen-bond donors (Lipinski definition) is 2. The average molecular weight is 381 g/mol.